The maximum atomic E-state index is 11.2. The number of rotatable bonds is 4. The van der Waals surface area contributed by atoms with E-state index in [0.717, 1.165) is 19.1 Å². The number of piperidine rings is 1. The third kappa shape index (κ3) is 3.12. The Morgan fingerprint density at radius 1 is 1.21 bits per heavy atom. The molecule has 14 heavy (non-hydrogen) atoms. The van der Waals surface area contributed by atoms with Gasteiger partial charge in [-0.25, -0.2) is 0 Å². The summed E-state index contributed by atoms with van der Waals surface area (Å²) in [6, 6.07) is 0. The lowest BCUT2D eigenvalue weighted by Gasteiger charge is -2.13. The average molecular weight is 195 g/mol. The molecule has 0 aromatic carbocycles. The fourth-order valence-electron chi connectivity index (χ4n) is 1.30. The Labute approximate surface area is 82.4 Å². The summed E-state index contributed by atoms with van der Waals surface area (Å²) in [7, 11) is 0. The van der Waals surface area contributed by atoms with Gasteiger partial charge in [-0.3, -0.25) is 14.9 Å². The molecule has 76 valence electrons. The highest BCUT2D eigenvalue weighted by atomic mass is 16.2. The van der Waals surface area contributed by atoms with Gasteiger partial charge in [0, 0.05) is 18.4 Å². The summed E-state index contributed by atoms with van der Waals surface area (Å²) >= 11 is 0. The summed E-state index contributed by atoms with van der Waals surface area (Å²) in [5.41, 5.74) is 0.662. The predicted octanol–water partition coefficient (Wildman–Crippen LogP) is 0.719. The third-order valence-corrected chi connectivity index (χ3v) is 2.08. The molecular formula is C10H13NO3. The maximum absolute atomic E-state index is 11.2. The van der Waals surface area contributed by atoms with E-state index in [0.29, 0.717) is 24.8 Å². The highest BCUT2D eigenvalue weighted by Crippen LogP contribution is 2.12. The first-order chi connectivity index (χ1) is 6.74. The topological polar surface area (TPSA) is 63.2 Å². The lowest BCUT2D eigenvalue weighted by Crippen LogP contribution is -2.35. The van der Waals surface area contributed by atoms with Gasteiger partial charge in [0.1, 0.15) is 6.29 Å². The second-order valence-corrected chi connectivity index (χ2v) is 3.20. The zero-order valence-corrected chi connectivity index (χ0v) is 7.91. The quantitative estimate of drug-likeness (QED) is 0.311. The number of carbonyl (C=O) groups is 3. The molecular weight excluding hydrogens is 182 g/mol. The Morgan fingerprint density at radius 2 is 2.00 bits per heavy atom. The zero-order chi connectivity index (χ0) is 10.4. The maximum Gasteiger partial charge on any atom is 0.253 e. The van der Waals surface area contributed by atoms with Gasteiger partial charge >= 0.3 is 0 Å². The predicted molar refractivity (Wildman–Crippen MR) is 50.4 cm³/mol. The smallest absolute Gasteiger partial charge is 0.253 e. The molecule has 0 aromatic rings. The Balaban J connectivity index is 2.39. The van der Waals surface area contributed by atoms with Crippen LogP contribution >= 0.6 is 0 Å². The summed E-state index contributed by atoms with van der Waals surface area (Å²) in [5.74, 6) is -0.493. The van der Waals surface area contributed by atoms with E-state index in [1.807, 2.05) is 6.08 Å². The molecule has 0 bridgehead atoms. The van der Waals surface area contributed by atoms with Crippen LogP contribution in [0.2, 0.25) is 0 Å². The summed E-state index contributed by atoms with van der Waals surface area (Å²) in [5, 5.41) is 2.25. The first-order valence-corrected chi connectivity index (χ1v) is 4.71. The van der Waals surface area contributed by atoms with E-state index in [9.17, 15) is 14.4 Å². The van der Waals surface area contributed by atoms with Crippen molar-refractivity contribution in [3.8, 4) is 0 Å². The molecule has 1 aliphatic rings. The molecule has 0 aliphatic carbocycles. The molecule has 0 atom stereocenters. The van der Waals surface area contributed by atoms with Crippen molar-refractivity contribution in [3.05, 3.63) is 11.6 Å². The molecule has 1 fully saturated rings. The molecule has 0 radical (unpaired) electrons. The van der Waals surface area contributed by atoms with Crippen molar-refractivity contribution < 1.29 is 14.4 Å². The fraction of sp³-hybridized carbons (Fsp3) is 0.500. The Bertz CT molecular complexity index is 281. The number of unbranched alkanes of at least 4 members (excludes halogenated alkanes) is 2. The molecule has 1 saturated heterocycles. The summed E-state index contributed by atoms with van der Waals surface area (Å²) in [4.78, 5) is 32.0. The number of allylic oxidation sites excluding steroid dienone is 1. The molecule has 1 rings (SSSR count). The van der Waals surface area contributed by atoms with E-state index in [-0.39, 0.29) is 11.8 Å². The minimum atomic E-state index is -0.285. The number of carbonyl (C=O) groups excluding carboxylic acids is 3. The van der Waals surface area contributed by atoms with Crippen LogP contribution < -0.4 is 5.32 Å². The Morgan fingerprint density at radius 3 is 2.64 bits per heavy atom. The molecule has 0 saturated carbocycles. The lowest BCUT2D eigenvalue weighted by molar-refractivity contribution is -0.130. The van der Waals surface area contributed by atoms with Crippen molar-refractivity contribution in [2.75, 3.05) is 0 Å². The van der Waals surface area contributed by atoms with Crippen LogP contribution in [0.25, 0.3) is 0 Å². The number of imide groups is 1. The van der Waals surface area contributed by atoms with Gasteiger partial charge in [0.25, 0.3) is 5.91 Å². The van der Waals surface area contributed by atoms with Crippen LogP contribution in [0.15, 0.2) is 11.6 Å². The molecule has 0 aromatic heterocycles. The molecule has 4 heteroatoms. The van der Waals surface area contributed by atoms with Crippen molar-refractivity contribution in [2.24, 2.45) is 0 Å². The first kappa shape index (κ1) is 10.6. The molecule has 4 nitrogen and oxygen atoms in total. The lowest BCUT2D eigenvalue weighted by atomic mass is 10.0. The van der Waals surface area contributed by atoms with Gasteiger partial charge in [-0.05, 0) is 19.3 Å². The second-order valence-electron chi connectivity index (χ2n) is 3.20. The Kier molecular flexibility index (Phi) is 4.04. The average Bonchev–Trinajstić information content (AvgIpc) is 2.15. The van der Waals surface area contributed by atoms with Crippen molar-refractivity contribution in [2.45, 2.75) is 32.1 Å². The van der Waals surface area contributed by atoms with Gasteiger partial charge in [0.05, 0.1) is 0 Å². The van der Waals surface area contributed by atoms with Crippen LogP contribution in [0.3, 0.4) is 0 Å². The van der Waals surface area contributed by atoms with E-state index in [1.165, 1.54) is 0 Å². The van der Waals surface area contributed by atoms with Gasteiger partial charge in [-0.15, -0.1) is 0 Å². The van der Waals surface area contributed by atoms with E-state index in [1.54, 1.807) is 0 Å². The SMILES string of the molecule is O=CCCC/C=C1\CCC(=O)NC1=O. The number of nitrogens with one attached hydrogen (secondary N) is 1. The minimum absolute atomic E-state index is 0.208. The normalized spacial score (nSPS) is 19.6. The van der Waals surface area contributed by atoms with Gasteiger partial charge in [-0.1, -0.05) is 6.08 Å². The fourth-order valence-corrected chi connectivity index (χ4v) is 1.30. The molecule has 0 spiro atoms. The van der Waals surface area contributed by atoms with E-state index in [2.05, 4.69) is 5.32 Å². The Hall–Kier alpha value is -1.45. The van der Waals surface area contributed by atoms with Crippen LogP contribution in [-0.2, 0) is 14.4 Å². The van der Waals surface area contributed by atoms with E-state index >= 15 is 0 Å². The second kappa shape index (κ2) is 5.32. The van der Waals surface area contributed by atoms with Gasteiger partial charge < -0.3 is 4.79 Å². The zero-order valence-electron chi connectivity index (χ0n) is 7.91. The first-order valence-electron chi connectivity index (χ1n) is 4.71. The molecule has 1 aliphatic heterocycles. The summed E-state index contributed by atoms with van der Waals surface area (Å²) in [6.45, 7) is 0. The van der Waals surface area contributed by atoms with Gasteiger partial charge in [0.2, 0.25) is 5.91 Å². The van der Waals surface area contributed by atoms with Crippen LogP contribution in [0, 0.1) is 0 Å². The van der Waals surface area contributed by atoms with Crippen LogP contribution in [0.5, 0.6) is 0 Å². The monoisotopic (exact) mass is 195 g/mol. The van der Waals surface area contributed by atoms with Crippen LogP contribution in [0.4, 0.5) is 0 Å². The summed E-state index contributed by atoms with van der Waals surface area (Å²) < 4.78 is 0. The van der Waals surface area contributed by atoms with E-state index < -0.39 is 0 Å². The van der Waals surface area contributed by atoms with Crippen LogP contribution in [-0.4, -0.2) is 18.1 Å². The van der Waals surface area contributed by atoms with Crippen LogP contribution in [0.1, 0.15) is 32.1 Å². The molecule has 0 unspecified atom stereocenters. The standard InChI is InChI=1S/C10H13NO3/c12-7-3-1-2-4-8-5-6-9(13)11-10(8)14/h4,7H,1-3,5-6H2,(H,11,13,14)/b8-4+. The highest BCUT2D eigenvalue weighted by molar-refractivity contribution is 6.07. The number of hydrogen-bond acceptors (Lipinski definition) is 3. The van der Waals surface area contributed by atoms with E-state index in [4.69, 9.17) is 0 Å². The summed E-state index contributed by atoms with van der Waals surface area (Å²) in [6.07, 6.45) is 5.57. The van der Waals surface area contributed by atoms with Gasteiger partial charge in [0.15, 0.2) is 0 Å². The van der Waals surface area contributed by atoms with Crippen molar-refractivity contribution in [3.63, 3.8) is 0 Å². The van der Waals surface area contributed by atoms with Crippen molar-refractivity contribution in [1.29, 1.82) is 0 Å². The number of hydrogen-bond donors (Lipinski definition) is 1. The minimum Gasteiger partial charge on any atom is -0.303 e. The molecule has 1 heterocycles. The highest BCUT2D eigenvalue weighted by Gasteiger charge is 2.19. The molecule has 1 N–H and O–H groups in total. The third-order valence-electron chi connectivity index (χ3n) is 2.08. The number of amides is 2. The van der Waals surface area contributed by atoms with Crippen molar-refractivity contribution >= 4 is 18.1 Å². The number of aldehydes is 1. The largest absolute Gasteiger partial charge is 0.303 e. The molecule has 2 amide bonds. The van der Waals surface area contributed by atoms with Gasteiger partial charge in [-0.2, -0.15) is 0 Å². The van der Waals surface area contributed by atoms with Crippen molar-refractivity contribution in [1.82, 2.24) is 5.32 Å².